The molecule has 162 valence electrons. The summed E-state index contributed by atoms with van der Waals surface area (Å²) in [5.74, 6) is -0.265. The van der Waals surface area contributed by atoms with E-state index in [2.05, 4.69) is 5.32 Å². The zero-order valence-corrected chi connectivity index (χ0v) is 19.4. The van der Waals surface area contributed by atoms with Crippen LogP contribution in [0.3, 0.4) is 0 Å². The Morgan fingerprint density at radius 1 is 1.13 bits per heavy atom. The van der Waals surface area contributed by atoms with E-state index < -0.39 is 11.9 Å². The van der Waals surface area contributed by atoms with Crippen LogP contribution in [0.15, 0.2) is 34.7 Å². The van der Waals surface area contributed by atoms with Gasteiger partial charge in [0.2, 0.25) is 0 Å². The van der Waals surface area contributed by atoms with Crippen molar-refractivity contribution in [1.29, 1.82) is 0 Å². The predicted molar refractivity (Wildman–Crippen MR) is 124 cm³/mol. The topological polar surface area (TPSA) is 68.5 Å². The summed E-state index contributed by atoms with van der Waals surface area (Å²) in [6, 6.07) is 8.31. The maximum atomic E-state index is 12.9. The zero-order chi connectivity index (χ0) is 22.1. The van der Waals surface area contributed by atoms with E-state index in [9.17, 15) is 9.59 Å². The number of anilines is 1. The van der Waals surface area contributed by atoms with E-state index in [1.165, 1.54) is 11.3 Å². The molecule has 31 heavy (non-hydrogen) atoms. The highest BCUT2D eigenvalue weighted by atomic mass is 35.5. The molecule has 8 heteroatoms. The van der Waals surface area contributed by atoms with E-state index in [0.29, 0.717) is 31.9 Å². The van der Waals surface area contributed by atoms with E-state index in [0.717, 1.165) is 36.1 Å². The molecule has 3 aromatic rings. The fourth-order valence-electron chi connectivity index (χ4n) is 3.60. The number of hydrogen-bond donors (Lipinski definition) is 1. The van der Waals surface area contributed by atoms with Crippen molar-refractivity contribution >= 4 is 51.4 Å². The van der Waals surface area contributed by atoms with Crippen molar-refractivity contribution in [2.75, 3.05) is 5.32 Å². The van der Waals surface area contributed by atoms with Crippen molar-refractivity contribution in [3.05, 3.63) is 62.1 Å². The summed E-state index contributed by atoms with van der Waals surface area (Å²) in [5.41, 5.74) is 2.09. The Morgan fingerprint density at radius 2 is 1.90 bits per heavy atom. The average Bonchev–Trinajstić information content (AvgIpc) is 3.32. The maximum absolute atomic E-state index is 12.9. The Labute approximate surface area is 194 Å². The van der Waals surface area contributed by atoms with Gasteiger partial charge in [-0.1, -0.05) is 23.2 Å². The summed E-state index contributed by atoms with van der Waals surface area (Å²) in [6.45, 7) is 3.61. The first kappa shape index (κ1) is 21.9. The van der Waals surface area contributed by atoms with Gasteiger partial charge >= 0.3 is 5.97 Å². The zero-order valence-electron chi connectivity index (χ0n) is 17.1. The van der Waals surface area contributed by atoms with Gasteiger partial charge < -0.3 is 14.5 Å². The molecule has 0 fully saturated rings. The minimum absolute atomic E-state index is 0.121. The summed E-state index contributed by atoms with van der Waals surface area (Å²) >= 11 is 13.6. The van der Waals surface area contributed by atoms with Gasteiger partial charge in [-0.3, -0.25) is 4.79 Å². The van der Waals surface area contributed by atoms with Crippen LogP contribution in [0.5, 0.6) is 0 Å². The van der Waals surface area contributed by atoms with Crippen molar-refractivity contribution in [1.82, 2.24) is 0 Å². The highest BCUT2D eigenvalue weighted by molar-refractivity contribution is 7.17. The highest BCUT2D eigenvalue weighted by Crippen LogP contribution is 2.39. The summed E-state index contributed by atoms with van der Waals surface area (Å²) in [6.07, 6.45) is 3.56. The quantitative estimate of drug-likeness (QED) is 0.401. The van der Waals surface area contributed by atoms with E-state index in [4.69, 9.17) is 32.4 Å². The Morgan fingerprint density at radius 3 is 2.65 bits per heavy atom. The smallest absolute Gasteiger partial charge is 0.341 e. The molecule has 0 atom stereocenters. The standard InChI is InChI=1S/C23H21Cl2NO4S/c1-12(2)29-23(28)20-15-5-3-4-6-19(15)31-22(20)26-21(27)18-10-9-17(30-18)14-8-7-13(24)11-16(14)25/h7-12H,3-6H2,1-2H3,(H,26,27). The van der Waals surface area contributed by atoms with Gasteiger partial charge in [-0.05, 0) is 75.4 Å². The van der Waals surface area contributed by atoms with Gasteiger partial charge in [-0.2, -0.15) is 0 Å². The first-order chi connectivity index (χ1) is 14.8. The number of carbonyl (C=O) groups excluding carboxylic acids is 2. The summed E-state index contributed by atoms with van der Waals surface area (Å²) < 4.78 is 11.2. The second kappa shape index (κ2) is 9.07. The third kappa shape index (κ3) is 4.66. The predicted octanol–water partition coefficient (Wildman–Crippen LogP) is 7.01. The molecule has 1 N–H and O–H groups in total. The third-order valence-corrected chi connectivity index (χ3v) is 6.73. The van der Waals surface area contributed by atoms with Crippen LogP contribution in [0, 0.1) is 0 Å². The van der Waals surface area contributed by atoms with Gasteiger partial charge in [0, 0.05) is 15.5 Å². The van der Waals surface area contributed by atoms with Gasteiger partial charge in [0.25, 0.3) is 5.91 Å². The molecule has 0 radical (unpaired) electrons. The fraction of sp³-hybridized carbons (Fsp3) is 0.304. The Hall–Kier alpha value is -2.28. The third-order valence-electron chi connectivity index (χ3n) is 4.97. The number of amides is 1. The first-order valence-electron chi connectivity index (χ1n) is 10.1. The Bertz CT molecular complexity index is 1150. The molecule has 1 amide bonds. The number of fused-ring (bicyclic) bond motifs is 1. The molecule has 0 aliphatic heterocycles. The fourth-order valence-corrected chi connectivity index (χ4v) is 5.38. The molecule has 5 nitrogen and oxygen atoms in total. The highest BCUT2D eigenvalue weighted by Gasteiger charge is 2.28. The van der Waals surface area contributed by atoms with Crippen LogP contribution in [0.2, 0.25) is 10.0 Å². The number of benzene rings is 1. The monoisotopic (exact) mass is 477 g/mol. The number of furan rings is 1. The number of aryl methyl sites for hydroxylation is 1. The summed E-state index contributed by atoms with van der Waals surface area (Å²) in [4.78, 5) is 26.8. The minimum atomic E-state index is -0.437. The SMILES string of the molecule is CC(C)OC(=O)c1c(NC(=O)c2ccc(-c3ccc(Cl)cc3Cl)o2)sc2c1CCCC2. The molecule has 2 heterocycles. The van der Waals surface area contributed by atoms with Gasteiger partial charge in [-0.15, -0.1) is 11.3 Å². The normalized spacial score (nSPS) is 13.2. The number of rotatable bonds is 5. The Kier molecular flexibility index (Phi) is 6.42. The lowest BCUT2D eigenvalue weighted by atomic mass is 9.95. The molecule has 0 saturated carbocycles. The lowest BCUT2D eigenvalue weighted by molar-refractivity contribution is 0.0378. The van der Waals surface area contributed by atoms with E-state index in [1.807, 2.05) is 0 Å². The Balaban J connectivity index is 1.61. The average molecular weight is 478 g/mol. The molecule has 1 aliphatic rings. The molecular weight excluding hydrogens is 457 g/mol. The van der Waals surface area contributed by atoms with Crippen molar-refractivity contribution < 1.29 is 18.7 Å². The number of ether oxygens (including phenoxy) is 1. The van der Waals surface area contributed by atoms with Crippen LogP contribution >= 0.6 is 34.5 Å². The van der Waals surface area contributed by atoms with Crippen molar-refractivity contribution in [3.8, 4) is 11.3 Å². The van der Waals surface area contributed by atoms with Crippen molar-refractivity contribution in [2.45, 2.75) is 45.6 Å². The van der Waals surface area contributed by atoms with Crippen molar-refractivity contribution in [2.24, 2.45) is 0 Å². The molecule has 0 bridgehead atoms. The van der Waals surface area contributed by atoms with E-state index in [-0.39, 0.29) is 11.9 Å². The van der Waals surface area contributed by atoms with Crippen molar-refractivity contribution in [3.63, 3.8) is 0 Å². The molecule has 2 aromatic heterocycles. The number of halogens is 2. The number of nitrogens with one attached hydrogen (secondary N) is 1. The van der Waals surface area contributed by atoms with Crippen LogP contribution in [-0.4, -0.2) is 18.0 Å². The first-order valence-corrected chi connectivity index (χ1v) is 11.6. The lowest BCUT2D eigenvalue weighted by Crippen LogP contribution is -2.17. The second-order valence-electron chi connectivity index (χ2n) is 7.61. The minimum Gasteiger partial charge on any atom is -0.459 e. The number of hydrogen-bond acceptors (Lipinski definition) is 5. The van der Waals surface area contributed by atoms with Crippen LogP contribution in [0.4, 0.5) is 5.00 Å². The number of esters is 1. The van der Waals surface area contributed by atoms with Gasteiger partial charge in [-0.25, -0.2) is 4.79 Å². The number of thiophene rings is 1. The summed E-state index contributed by atoms with van der Waals surface area (Å²) in [5, 5.41) is 4.31. The second-order valence-corrected chi connectivity index (χ2v) is 9.56. The molecule has 0 unspecified atom stereocenters. The number of carbonyl (C=O) groups is 2. The maximum Gasteiger partial charge on any atom is 0.341 e. The van der Waals surface area contributed by atoms with Crippen LogP contribution in [0.25, 0.3) is 11.3 Å². The molecule has 1 aromatic carbocycles. The van der Waals surface area contributed by atoms with Crippen LogP contribution in [-0.2, 0) is 17.6 Å². The van der Waals surface area contributed by atoms with Crippen LogP contribution in [0.1, 0.15) is 58.0 Å². The largest absolute Gasteiger partial charge is 0.459 e. The van der Waals surface area contributed by atoms with E-state index in [1.54, 1.807) is 44.2 Å². The van der Waals surface area contributed by atoms with Gasteiger partial charge in [0.1, 0.15) is 10.8 Å². The van der Waals surface area contributed by atoms with E-state index >= 15 is 0 Å². The van der Waals surface area contributed by atoms with Crippen LogP contribution < -0.4 is 5.32 Å². The van der Waals surface area contributed by atoms with Gasteiger partial charge in [0.05, 0.1) is 16.7 Å². The molecule has 0 spiro atoms. The summed E-state index contributed by atoms with van der Waals surface area (Å²) in [7, 11) is 0. The molecule has 1 aliphatic carbocycles. The molecule has 4 rings (SSSR count). The molecule has 0 saturated heterocycles. The van der Waals surface area contributed by atoms with Gasteiger partial charge in [0.15, 0.2) is 5.76 Å². The lowest BCUT2D eigenvalue weighted by Gasteiger charge is -2.14. The molecular formula is C23H21Cl2NO4S.